The van der Waals surface area contributed by atoms with Gasteiger partial charge < -0.3 is 14.8 Å². The molecule has 162 valence electrons. The van der Waals surface area contributed by atoms with E-state index in [1.54, 1.807) is 19.1 Å². The van der Waals surface area contributed by atoms with Gasteiger partial charge in [0.2, 0.25) is 5.91 Å². The highest BCUT2D eigenvalue weighted by Crippen LogP contribution is 2.33. The number of carbonyl (C=O) groups is 4. The van der Waals surface area contributed by atoms with Gasteiger partial charge in [0.15, 0.2) is 12.4 Å². The number of ether oxygens (including phenoxy) is 2. The number of ketones is 1. The predicted octanol–water partition coefficient (Wildman–Crippen LogP) is 2.72. The highest BCUT2D eigenvalue weighted by molar-refractivity contribution is 6.06. The van der Waals surface area contributed by atoms with Gasteiger partial charge in [-0.25, -0.2) is 4.39 Å². The number of nitrogens with zero attached hydrogens (tertiary/aromatic N) is 1. The Bertz CT molecular complexity index is 1010. The molecular formula is C22H21FN2O6. The molecule has 2 aromatic rings. The Labute approximate surface area is 177 Å². The van der Waals surface area contributed by atoms with Crippen molar-refractivity contribution < 1.29 is 33.0 Å². The van der Waals surface area contributed by atoms with Gasteiger partial charge >= 0.3 is 5.97 Å². The van der Waals surface area contributed by atoms with Gasteiger partial charge in [-0.2, -0.15) is 0 Å². The fraction of sp³-hybridized carbons (Fsp3) is 0.273. The first-order valence-electron chi connectivity index (χ1n) is 9.69. The molecule has 0 atom stereocenters. The molecule has 8 nitrogen and oxygen atoms in total. The van der Waals surface area contributed by atoms with E-state index < -0.39 is 23.6 Å². The zero-order valence-electron chi connectivity index (χ0n) is 16.9. The Morgan fingerprint density at radius 3 is 2.58 bits per heavy atom. The van der Waals surface area contributed by atoms with Crippen molar-refractivity contribution in [3.05, 3.63) is 53.8 Å². The fourth-order valence-electron chi connectivity index (χ4n) is 3.02. The van der Waals surface area contributed by atoms with Crippen molar-refractivity contribution in [2.75, 3.05) is 30.0 Å². The first kappa shape index (κ1) is 21.9. The van der Waals surface area contributed by atoms with Crippen LogP contribution in [0.4, 0.5) is 15.8 Å². The summed E-state index contributed by atoms with van der Waals surface area (Å²) >= 11 is 0. The molecule has 0 aliphatic carbocycles. The number of benzene rings is 2. The van der Waals surface area contributed by atoms with Crippen molar-refractivity contribution in [3.63, 3.8) is 0 Å². The Hall–Kier alpha value is -3.75. The number of esters is 1. The van der Waals surface area contributed by atoms with Gasteiger partial charge in [0.25, 0.3) is 5.91 Å². The first-order chi connectivity index (χ1) is 14.9. The molecule has 0 unspecified atom stereocenters. The molecule has 2 amide bonds. The van der Waals surface area contributed by atoms with Crippen LogP contribution in [0.1, 0.15) is 30.1 Å². The topological polar surface area (TPSA) is 102 Å². The number of rotatable bonds is 8. The van der Waals surface area contributed by atoms with Gasteiger partial charge in [-0.05, 0) is 49.4 Å². The summed E-state index contributed by atoms with van der Waals surface area (Å²) in [5.74, 6) is -1.78. The van der Waals surface area contributed by atoms with Crippen LogP contribution in [0.15, 0.2) is 42.5 Å². The smallest absolute Gasteiger partial charge is 0.306 e. The number of amides is 2. The minimum atomic E-state index is -0.494. The summed E-state index contributed by atoms with van der Waals surface area (Å²) in [5.41, 5.74) is 0.952. The lowest BCUT2D eigenvalue weighted by atomic mass is 10.0. The monoisotopic (exact) mass is 428 g/mol. The molecule has 1 aliphatic heterocycles. The highest BCUT2D eigenvalue weighted by Gasteiger charge is 2.28. The Kier molecular flexibility index (Phi) is 6.96. The van der Waals surface area contributed by atoms with Crippen LogP contribution in [-0.2, 0) is 19.1 Å². The van der Waals surface area contributed by atoms with Crippen molar-refractivity contribution in [3.8, 4) is 5.75 Å². The molecule has 1 aliphatic rings. The normalized spacial score (nSPS) is 12.6. The van der Waals surface area contributed by atoms with E-state index in [2.05, 4.69) is 5.32 Å². The van der Waals surface area contributed by atoms with Crippen LogP contribution in [0.25, 0.3) is 0 Å². The first-order valence-corrected chi connectivity index (χ1v) is 9.69. The zero-order chi connectivity index (χ0) is 22.4. The van der Waals surface area contributed by atoms with E-state index in [1.807, 2.05) is 0 Å². The average Bonchev–Trinajstić information content (AvgIpc) is 2.75. The molecule has 2 aromatic carbocycles. The largest absolute Gasteiger partial charge is 0.482 e. The van der Waals surface area contributed by atoms with Crippen molar-refractivity contribution >= 4 is 34.9 Å². The second kappa shape index (κ2) is 9.84. The summed E-state index contributed by atoms with van der Waals surface area (Å²) in [4.78, 5) is 50.0. The third-order valence-electron chi connectivity index (χ3n) is 4.52. The maximum atomic E-state index is 13.0. The maximum Gasteiger partial charge on any atom is 0.306 e. The minimum absolute atomic E-state index is 0.0442. The average molecular weight is 428 g/mol. The number of halogens is 1. The van der Waals surface area contributed by atoms with Crippen LogP contribution in [0.2, 0.25) is 0 Å². The molecule has 9 heteroatoms. The molecular weight excluding hydrogens is 407 g/mol. The zero-order valence-corrected chi connectivity index (χ0v) is 16.9. The summed E-state index contributed by atoms with van der Waals surface area (Å²) in [6.45, 7) is 1.36. The molecule has 0 bridgehead atoms. The van der Waals surface area contributed by atoms with E-state index in [1.165, 1.54) is 35.2 Å². The lowest BCUT2D eigenvalue weighted by Gasteiger charge is -2.29. The van der Waals surface area contributed by atoms with Crippen LogP contribution in [0, 0.1) is 5.82 Å². The molecule has 0 saturated carbocycles. The molecule has 0 radical (unpaired) electrons. The molecule has 1 N–H and O–H groups in total. The third-order valence-corrected chi connectivity index (χ3v) is 4.52. The van der Waals surface area contributed by atoms with Gasteiger partial charge in [-0.15, -0.1) is 0 Å². The SMILES string of the molecule is CCOC(=O)CCC(=O)c1ccc2c(c1)N(CC(=O)Nc1ccc(F)cc1)C(=O)CO2. The van der Waals surface area contributed by atoms with Gasteiger partial charge in [0.05, 0.1) is 18.7 Å². The summed E-state index contributed by atoms with van der Waals surface area (Å²) in [6, 6.07) is 9.78. The van der Waals surface area contributed by atoms with Crippen LogP contribution in [-0.4, -0.2) is 43.3 Å². The van der Waals surface area contributed by atoms with Gasteiger partial charge in [-0.1, -0.05) is 0 Å². The maximum absolute atomic E-state index is 13.0. The number of hydrogen-bond acceptors (Lipinski definition) is 6. The quantitative estimate of drug-likeness (QED) is 0.512. The molecule has 1 heterocycles. The summed E-state index contributed by atoms with van der Waals surface area (Å²) < 4.78 is 23.2. The van der Waals surface area contributed by atoms with Gasteiger partial charge in [0, 0.05) is 17.7 Å². The van der Waals surface area contributed by atoms with E-state index in [9.17, 15) is 23.6 Å². The Morgan fingerprint density at radius 1 is 1.13 bits per heavy atom. The molecule has 0 aromatic heterocycles. The van der Waals surface area contributed by atoms with Crippen molar-refractivity contribution in [2.24, 2.45) is 0 Å². The number of nitrogens with one attached hydrogen (secondary N) is 1. The van der Waals surface area contributed by atoms with E-state index in [-0.39, 0.29) is 49.6 Å². The fourth-order valence-corrected chi connectivity index (χ4v) is 3.02. The second-order valence-electron chi connectivity index (χ2n) is 6.73. The third kappa shape index (κ3) is 5.65. The predicted molar refractivity (Wildman–Crippen MR) is 110 cm³/mol. The van der Waals surface area contributed by atoms with Crippen LogP contribution in [0.5, 0.6) is 5.75 Å². The molecule has 0 saturated heterocycles. The van der Waals surface area contributed by atoms with Crippen LogP contribution in [0.3, 0.4) is 0 Å². The number of anilines is 2. The second-order valence-corrected chi connectivity index (χ2v) is 6.73. The summed E-state index contributed by atoms with van der Waals surface area (Å²) in [5, 5.41) is 2.59. The molecule has 0 fully saturated rings. The number of hydrogen-bond donors (Lipinski definition) is 1. The molecule has 0 spiro atoms. The van der Waals surface area contributed by atoms with Crippen molar-refractivity contribution in [1.29, 1.82) is 0 Å². The van der Waals surface area contributed by atoms with E-state index in [0.717, 1.165) is 0 Å². The van der Waals surface area contributed by atoms with Gasteiger partial charge in [-0.3, -0.25) is 24.1 Å². The van der Waals surface area contributed by atoms with Crippen molar-refractivity contribution in [2.45, 2.75) is 19.8 Å². The summed E-state index contributed by atoms with van der Waals surface area (Å²) in [6.07, 6.45) is -0.0968. The number of carbonyl (C=O) groups excluding carboxylic acids is 4. The van der Waals surface area contributed by atoms with Crippen molar-refractivity contribution in [1.82, 2.24) is 0 Å². The number of Topliss-reactive ketones (excluding diaryl/α,β-unsaturated/α-hetero) is 1. The van der Waals surface area contributed by atoms with Gasteiger partial charge in [0.1, 0.15) is 18.1 Å². The lowest BCUT2D eigenvalue weighted by molar-refractivity contribution is -0.143. The lowest BCUT2D eigenvalue weighted by Crippen LogP contribution is -2.43. The number of fused-ring (bicyclic) bond motifs is 1. The van der Waals surface area contributed by atoms with Crippen LogP contribution >= 0.6 is 0 Å². The van der Waals surface area contributed by atoms with E-state index in [0.29, 0.717) is 11.4 Å². The Balaban J connectivity index is 1.73. The highest BCUT2D eigenvalue weighted by atomic mass is 19.1. The molecule has 31 heavy (non-hydrogen) atoms. The minimum Gasteiger partial charge on any atom is -0.482 e. The van der Waals surface area contributed by atoms with E-state index >= 15 is 0 Å². The standard InChI is InChI=1S/C22H21FN2O6/c1-2-30-22(29)10-8-18(26)14-3-9-19-17(11-14)25(21(28)13-31-19)12-20(27)24-16-6-4-15(23)5-7-16/h3-7,9,11H,2,8,10,12-13H2,1H3,(H,24,27). The Morgan fingerprint density at radius 2 is 1.87 bits per heavy atom. The van der Waals surface area contributed by atoms with Crippen LogP contribution < -0.4 is 15.0 Å². The molecule has 3 rings (SSSR count). The van der Waals surface area contributed by atoms with E-state index in [4.69, 9.17) is 9.47 Å². The summed E-state index contributed by atoms with van der Waals surface area (Å²) in [7, 11) is 0.